The Morgan fingerprint density at radius 1 is 1.43 bits per heavy atom. The van der Waals surface area contributed by atoms with Gasteiger partial charge in [0.05, 0.1) is 6.42 Å². The molecule has 2 aromatic rings. The number of rotatable bonds is 5. The first kappa shape index (κ1) is 16.1. The van der Waals surface area contributed by atoms with Crippen molar-refractivity contribution in [2.75, 3.05) is 11.9 Å². The van der Waals surface area contributed by atoms with Gasteiger partial charge in [0, 0.05) is 11.4 Å². The number of thiophene rings is 1. The second-order valence-electron chi connectivity index (χ2n) is 5.35. The molecule has 1 atom stereocenters. The molecule has 0 saturated carbocycles. The topological polar surface area (TPSA) is 75.2 Å². The summed E-state index contributed by atoms with van der Waals surface area (Å²) in [7, 11) is 0. The Labute approximate surface area is 142 Å². The van der Waals surface area contributed by atoms with Crippen LogP contribution in [-0.2, 0) is 22.4 Å². The third-order valence-corrected chi connectivity index (χ3v) is 5.64. The van der Waals surface area contributed by atoms with Crippen molar-refractivity contribution in [1.82, 2.24) is 15.1 Å². The van der Waals surface area contributed by atoms with E-state index in [1.165, 1.54) is 11.3 Å². The summed E-state index contributed by atoms with van der Waals surface area (Å²) in [6.07, 6.45) is 2.70. The van der Waals surface area contributed by atoms with Gasteiger partial charge in [0.25, 0.3) is 0 Å². The molecule has 8 heteroatoms. The van der Waals surface area contributed by atoms with Gasteiger partial charge in [0.15, 0.2) is 0 Å². The van der Waals surface area contributed by atoms with Gasteiger partial charge in [-0.3, -0.25) is 14.9 Å². The molecular formula is C15H18N4O2S2. The van der Waals surface area contributed by atoms with E-state index in [1.54, 1.807) is 16.2 Å². The zero-order valence-electron chi connectivity index (χ0n) is 12.8. The highest BCUT2D eigenvalue weighted by atomic mass is 32.1. The number of anilines is 1. The second-order valence-corrected chi connectivity index (χ2v) is 7.44. The summed E-state index contributed by atoms with van der Waals surface area (Å²) < 4.78 is 0. The van der Waals surface area contributed by atoms with E-state index < -0.39 is 6.04 Å². The number of amides is 2. The largest absolute Gasteiger partial charge is 0.330 e. The molecule has 1 aliphatic heterocycles. The smallest absolute Gasteiger partial charge is 0.249 e. The lowest BCUT2D eigenvalue weighted by Gasteiger charge is -2.23. The molecule has 23 heavy (non-hydrogen) atoms. The van der Waals surface area contributed by atoms with Gasteiger partial charge >= 0.3 is 0 Å². The monoisotopic (exact) mass is 350 g/mol. The highest BCUT2D eigenvalue weighted by molar-refractivity contribution is 7.15. The minimum absolute atomic E-state index is 0.0108. The van der Waals surface area contributed by atoms with Gasteiger partial charge in [-0.05, 0) is 30.7 Å². The summed E-state index contributed by atoms with van der Waals surface area (Å²) in [5.74, 6) is -0.155. The summed E-state index contributed by atoms with van der Waals surface area (Å²) in [5, 5.41) is 14.1. The van der Waals surface area contributed by atoms with E-state index in [0.717, 1.165) is 22.7 Å². The van der Waals surface area contributed by atoms with Crippen molar-refractivity contribution < 1.29 is 9.59 Å². The first-order chi connectivity index (χ1) is 11.2. The number of carbonyl (C=O) groups excluding carboxylic acids is 2. The standard InChI is InChI=1S/C15H18N4O2S2/c1-2-12-17-18-15(23-12)16-14(21)11-6-3-7-19(11)13(20)9-10-5-4-8-22-10/h4-5,8,11H,2-3,6-7,9H2,1H3,(H,16,18,21). The van der Waals surface area contributed by atoms with Gasteiger partial charge < -0.3 is 4.90 Å². The first-order valence-electron chi connectivity index (χ1n) is 7.62. The molecule has 3 heterocycles. The van der Waals surface area contributed by atoms with Crippen molar-refractivity contribution in [2.45, 2.75) is 38.6 Å². The number of nitrogens with one attached hydrogen (secondary N) is 1. The van der Waals surface area contributed by atoms with Gasteiger partial charge in [0.2, 0.25) is 16.9 Å². The van der Waals surface area contributed by atoms with E-state index in [0.29, 0.717) is 24.5 Å². The molecule has 0 aliphatic carbocycles. The molecule has 2 amide bonds. The summed E-state index contributed by atoms with van der Waals surface area (Å²) >= 11 is 2.94. The molecule has 0 spiro atoms. The predicted molar refractivity (Wildman–Crippen MR) is 90.7 cm³/mol. The highest BCUT2D eigenvalue weighted by Crippen LogP contribution is 2.22. The average molecular weight is 350 g/mol. The minimum Gasteiger partial charge on any atom is -0.330 e. The average Bonchev–Trinajstić information content (AvgIpc) is 3.28. The van der Waals surface area contributed by atoms with Gasteiger partial charge in [-0.25, -0.2) is 0 Å². The number of carbonyl (C=O) groups is 2. The molecule has 1 saturated heterocycles. The van der Waals surface area contributed by atoms with Crippen LogP contribution in [0.5, 0.6) is 0 Å². The SMILES string of the molecule is CCc1nnc(NC(=O)C2CCCN2C(=O)Cc2cccs2)s1. The van der Waals surface area contributed by atoms with E-state index in [4.69, 9.17) is 0 Å². The van der Waals surface area contributed by atoms with Crippen LogP contribution < -0.4 is 5.32 Å². The molecule has 6 nitrogen and oxygen atoms in total. The third-order valence-electron chi connectivity index (χ3n) is 3.78. The molecule has 1 N–H and O–H groups in total. The van der Waals surface area contributed by atoms with Crippen molar-refractivity contribution in [3.05, 3.63) is 27.4 Å². The van der Waals surface area contributed by atoms with Crippen LogP contribution in [0, 0.1) is 0 Å². The van der Waals surface area contributed by atoms with E-state index >= 15 is 0 Å². The fraction of sp³-hybridized carbons (Fsp3) is 0.467. The Morgan fingerprint density at radius 3 is 3.00 bits per heavy atom. The lowest BCUT2D eigenvalue weighted by atomic mass is 10.2. The van der Waals surface area contributed by atoms with Crippen LogP contribution in [0.2, 0.25) is 0 Å². The summed E-state index contributed by atoms with van der Waals surface area (Å²) in [5.41, 5.74) is 0. The summed E-state index contributed by atoms with van der Waals surface area (Å²) in [6.45, 7) is 2.63. The van der Waals surface area contributed by atoms with Crippen molar-refractivity contribution in [3.8, 4) is 0 Å². The maximum Gasteiger partial charge on any atom is 0.249 e. The van der Waals surface area contributed by atoms with Crippen LogP contribution >= 0.6 is 22.7 Å². The Hall–Kier alpha value is -1.80. The van der Waals surface area contributed by atoms with E-state index in [1.807, 2.05) is 24.4 Å². The van der Waals surface area contributed by atoms with Crippen LogP contribution in [0.25, 0.3) is 0 Å². The fourth-order valence-electron chi connectivity index (χ4n) is 2.64. The van der Waals surface area contributed by atoms with Gasteiger partial charge in [-0.1, -0.05) is 24.3 Å². The number of hydrogen-bond donors (Lipinski definition) is 1. The molecular weight excluding hydrogens is 332 g/mol. The van der Waals surface area contributed by atoms with Crippen LogP contribution in [0.4, 0.5) is 5.13 Å². The molecule has 2 aromatic heterocycles. The Bertz CT molecular complexity index is 683. The number of hydrogen-bond acceptors (Lipinski definition) is 6. The summed E-state index contributed by atoms with van der Waals surface area (Å²) in [6, 6.07) is 3.47. The second kappa shape index (κ2) is 7.18. The number of nitrogens with zero attached hydrogens (tertiary/aromatic N) is 3. The first-order valence-corrected chi connectivity index (χ1v) is 9.32. The number of aryl methyl sites for hydroxylation is 1. The van der Waals surface area contributed by atoms with Crippen molar-refractivity contribution in [3.63, 3.8) is 0 Å². The van der Waals surface area contributed by atoms with Crippen LogP contribution in [0.1, 0.15) is 29.7 Å². The lowest BCUT2D eigenvalue weighted by Crippen LogP contribution is -2.43. The van der Waals surface area contributed by atoms with Crippen molar-refractivity contribution >= 4 is 39.6 Å². The van der Waals surface area contributed by atoms with E-state index in [9.17, 15) is 9.59 Å². The zero-order valence-corrected chi connectivity index (χ0v) is 14.5. The van der Waals surface area contributed by atoms with Gasteiger partial charge in [-0.15, -0.1) is 21.5 Å². The summed E-state index contributed by atoms with van der Waals surface area (Å²) in [4.78, 5) is 27.6. The maximum atomic E-state index is 12.5. The Morgan fingerprint density at radius 2 is 2.30 bits per heavy atom. The number of likely N-dealkylation sites (tertiary alicyclic amines) is 1. The molecule has 0 aromatic carbocycles. The van der Waals surface area contributed by atoms with Crippen molar-refractivity contribution in [1.29, 1.82) is 0 Å². The zero-order chi connectivity index (χ0) is 16.2. The number of aromatic nitrogens is 2. The molecule has 0 radical (unpaired) electrons. The molecule has 0 bridgehead atoms. The van der Waals surface area contributed by atoms with Crippen LogP contribution in [-0.4, -0.2) is 39.5 Å². The Balaban J connectivity index is 1.63. The molecule has 1 fully saturated rings. The van der Waals surface area contributed by atoms with Crippen molar-refractivity contribution in [2.24, 2.45) is 0 Å². The van der Waals surface area contributed by atoms with Gasteiger partial charge in [-0.2, -0.15) is 0 Å². The maximum absolute atomic E-state index is 12.5. The quantitative estimate of drug-likeness (QED) is 0.898. The van der Waals surface area contributed by atoms with E-state index in [2.05, 4.69) is 15.5 Å². The highest BCUT2D eigenvalue weighted by Gasteiger charge is 2.34. The normalized spacial score (nSPS) is 17.4. The van der Waals surface area contributed by atoms with Crippen LogP contribution in [0.3, 0.4) is 0 Å². The van der Waals surface area contributed by atoms with Gasteiger partial charge in [0.1, 0.15) is 11.0 Å². The molecule has 1 aliphatic rings. The molecule has 122 valence electrons. The fourth-order valence-corrected chi connectivity index (χ4v) is 4.02. The van der Waals surface area contributed by atoms with Crippen LogP contribution in [0.15, 0.2) is 17.5 Å². The lowest BCUT2D eigenvalue weighted by molar-refractivity contribution is -0.136. The predicted octanol–water partition coefficient (Wildman–Crippen LogP) is 2.33. The Kier molecular flexibility index (Phi) is 5.02. The molecule has 1 unspecified atom stereocenters. The molecule has 3 rings (SSSR count). The minimum atomic E-state index is -0.406. The van der Waals surface area contributed by atoms with E-state index in [-0.39, 0.29) is 11.8 Å². The third kappa shape index (κ3) is 3.76.